The summed E-state index contributed by atoms with van der Waals surface area (Å²) < 4.78 is 11.0. The summed E-state index contributed by atoms with van der Waals surface area (Å²) in [6.45, 7) is 9.53. The SMILES string of the molecule is COC1=CCC2=C(C1)C[C@@H](C)C1C2CC[C@@]2(C)C1CC[C@@H]2O.COC1=CCC2=C(C1)C[C@@H](C)C1C2CC[C@]2(C)C(=O)CCC12. The van der Waals surface area contributed by atoms with Crippen molar-refractivity contribution in [2.45, 2.75) is 124 Å². The molecule has 4 saturated carbocycles. The fourth-order valence-corrected chi connectivity index (χ4v) is 12.7. The molecule has 0 aromatic carbocycles. The van der Waals surface area contributed by atoms with E-state index in [1.807, 2.05) is 0 Å². The molecule has 0 amide bonds. The normalized spacial score (nSPS) is 45.8. The molecule has 0 heterocycles. The lowest BCUT2D eigenvalue weighted by atomic mass is 9.52. The van der Waals surface area contributed by atoms with Crippen molar-refractivity contribution in [1.29, 1.82) is 0 Å². The van der Waals surface area contributed by atoms with Gasteiger partial charge in [0.15, 0.2) is 0 Å². The molecule has 0 aliphatic heterocycles. The van der Waals surface area contributed by atoms with Gasteiger partial charge >= 0.3 is 0 Å². The molecule has 0 radical (unpaired) electrons. The van der Waals surface area contributed by atoms with E-state index < -0.39 is 0 Å². The smallest absolute Gasteiger partial charge is 0.139 e. The van der Waals surface area contributed by atoms with Gasteiger partial charge in [-0.1, -0.05) is 50.0 Å². The molecule has 8 aliphatic rings. The number of carbonyl (C=O) groups is 1. The number of methoxy groups -OCH3 is 2. The summed E-state index contributed by atoms with van der Waals surface area (Å²) in [6.07, 6.45) is 20.4. The van der Waals surface area contributed by atoms with Crippen LogP contribution < -0.4 is 0 Å². The van der Waals surface area contributed by atoms with Crippen LogP contribution in [0.5, 0.6) is 0 Å². The molecule has 1 N–H and O–H groups in total. The van der Waals surface area contributed by atoms with Gasteiger partial charge in [-0.15, -0.1) is 0 Å². The highest BCUT2D eigenvalue weighted by Gasteiger charge is 2.57. The summed E-state index contributed by atoms with van der Waals surface area (Å²) in [5, 5.41) is 10.5. The fraction of sp³-hybridized carbons (Fsp3) is 0.775. The number of aliphatic hydroxyl groups excluding tert-OH is 1. The molecule has 0 aromatic heterocycles. The lowest BCUT2D eigenvalue weighted by Gasteiger charge is -2.53. The second kappa shape index (κ2) is 11.5. The molecule has 6 unspecified atom stereocenters. The first-order valence-corrected chi connectivity index (χ1v) is 18.2. The zero-order chi connectivity index (χ0) is 31.0. The fourth-order valence-electron chi connectivity index (χ4n) is 12.7. The minimum absolute atomic E-state index is 0.00428. The number of carbonyl (C=O) groups excluding carboxylic acids is 1. The average molecular weight is 603 g/mol. The number of hydrogen-bond acceptors (Lipinski definition) is 4. The minimum Gasteiger partial charge on any atom is -0.501 e. The maximum absolute atomic E-state index is 12.4. The van der Waals surface area contributed by atoms with Gasteiger partial charge in [-0.05, 0) is 136 Å². The summed E-state index contributed by atoms with van der Waals surface area (Å²) >= 11 is 0. The lowest BCUT2D eigenvalue weighted by Crippen LogP contribution is -2.47. The Morgan fingerprint density at radius 2 is 1.30 bits per heavy atom. The standard InChI is InChI=1S/C20H30O2.C20H28O2/c2*1-12-10-13-11-14(22-3)4-5-15(13)16-8-9-20(2)17(19(12)16)6-7-18(20)21/h4,12,16-19,21H,5-11H2,1-3H3;4,12,16-17,19H,5-11H2,1-3H3/t12-,16?,17?,18+,19?,20+;12-,16?,17?,19?,20+/m11/s1. The molecule has 4 nitrogen and oxygen atoms in total. The number of aliphatic hydroxyl groups is 1. The van der Waals surface area contributed by atoms with E-state index in [2.05, 4.69) is 39.8 Å². The Morgan fingerprint density at radius 1 is 0.750 bits per heavy atom. The van der Waals surface area contributed by atoms with Crippen molar-refractivity contribution in [3.63, 3.8) is 0 Å². The third-order valence-corrected chi connectivity index (χ3v) is 15.0. The summed E-state index contributed by atoms with van der Waals surface area (Å²) in [6, 6.07) is 0. The van der Waals surface area contributed by atoms with Crippen LogP contribution in [0.2, 0.25) is 0 Å². The van der Waals surface area contributed by atoms with Gasteiger partial charge in [0.05, 0.1) is 31.8 Å². The number of allylic oxidation sites excluding steroid dienone is 6. The van der Waals surface area contributed by atoms with Crippen LogP contribution in [0.3, 0.4) is 0 Å². The van der Waals surface area contributed by atoms with E-state index in [0.717, 1.165) is 98.6 Å². The Morgan fingerprint density at radius 3 is 1.86 bits per heavy atom. The van der Waals surface area contributed by atoms with Crippen LogP contribution in [0.1, 0.15) is 118 Å². The van der Waals surface area contributed by atoms with Gasteiger partial charge in [0.25, 0.3) is 0 Å². The van der Waals surface area contributed by atoms with E-state index in [1.54, 1.807) is 36.5 Å². The van der Waals surface area contributed by atoms with E-state index >= 15 is 0 Å². The molecule has 0 aromatic rings. The molecule has 8 aliphatic carbocycles. The number of hydrogen-bond donors (Lipinski definition) is 1. The Kier molecular flexibility index (Phi) is 8.03. The van der Waals surface area contributed by atoms with Gasteiger partial charge in [0, 0.05) is 24.7 Å². The predicted octanol–water partition coefficient (Wildman–Crippen LogP) is 9.11. The van der Waals surface area contributed by atoms with Crippen molar-refractivity contribution in [2.75, 3.05) is 14.2 Å². The summed E-state index contributed by atoms with van der Waals surface area (Å²) in [5.41, 5.74) is 6.97. The molecule has 44 heavy (non-hydrogen) atoms. The number of Topliss-reactive ketones (excluding diaryl/α,β-unsaturated/α-hetero) is 1. The predicted molar refractivity (Wildman–Crippen MR) is 175 cm³/mol. The second-order valence-corrected chi connectivity index (χ2v) is 16.8. The first-order chi connectivity index (χ1) is 21.1. The highest BCUT2D eigenvalue weighted by molar-refractivity contribution is 5.87. The van der Waals surface area contributed by atoms with E-state index in [-0.39, 0.29) is 16.9 Å². The van der Waals surface area contributed by atoms with Crippen molar-refractivity contribution < 1.29 is 19.4 Å². The number of ketones is 1. The van der Waals surface area contributed by atoms with Gasteiger partial charge < -0.3 is 14.6 Å². The summed E-state index contributed by atoms with van der Waals surface area (Å²) in [5.74, 6) is 8.76. The van der Waals surface area contributed by atoms with Crippen LogP contribution in [-0.4, -0.2) is 31.2 Å². The Bertz CT molecular complexity index is 1300. The average Bonchev–Trinajstić information content (AvgIpc) is 3.50. The second-order valence-electron chi connectivity index (χ2n) is 16.8. The largest absolute Gasteiger partial charge is 0.501 e. The van der Waals surface area contributed by atoms with E-state index in [9.17, 15) is 9.90 Å². The Labute approximate surface area is 266 Å². The third kappa shape index (κ3) is 4.73. The number of rotatable bonds is 2. The highest BCUT2D eigenvalue weighted by atomic mass is 16.5. The van der Waals surface area contributed by atoms with Crippen molar-refractivity contribution in [3.8, 4) is 0 Å². The maximum atomic E-state index is 12.4. The van der Waals surface area contributed by atoms with Crippen LogP contribution >= 0.6 is 0 Å². The first kappa shape index (κ1) is 30.8. The molecular formula is C40H58O4. The van der Waals surface area contributed by atoms with Crippen LogP contribution in [-0.2, 0) is 14.3 Å². The Balaban J connectivity index is 0.000000142. The summed E-state index contributed by atoms with van der Waals surface area (Å²) in [7, 11) is 3.60. The van der Waals surface area contributed by atoms with Crippen molar-refractivity contribution in [3.05, 3.63) is 46.0 Å². The molecule has 242 valence electrons. The zero-order valence-corrected chi connectivity index (χ0v) is 28.4. The summed E-state index contributed by atoms with van der Waals surface area (Å²) in [4.78, 5) is 12.4. The lowest BCUT2D eigenvalue weighted by molar-refractivity contribution is -0.130. The molecule has 4 fully saturated rings. The van der Waals surface area contributed by atoms with Gasteiger partial charge in [-0.2, -0.15) is 0 Å². The van der Waals surface area contributed by atoms with Crippen LogP contribution in [0.4, 0.5) is 0 Å². The van der Waals surface area contributed by atoms with Gasteiger partial charge in [-0.3, -0.25) is 4.79 Å². The monoisotopic (exact) mass is 602 g/mol. The van der Waals surface area contributed by atoms with Crippen LogP contribution in [0.25, 0.3) is 0 Å². The van der Waals surface area contributed by atoms with Gasteiger partial charge in [0.2, 0.25) is 0 Å². The first-order valence-electron chi connectivity index (χ1n) is 18.2. The van der Waals surface area contributed by atoms with E-state index in [1.165, 1.54) is 44.3 Å². The number of fused-ring (bicyclic) bond motifs is 8. The Hall–Kier alpha value is -1.81. The molecule has 8 rings (SSSR count). The highest BCUT2D eigenvalue weighted by Crippen LogP contribution is 2.63. The van der Waals surface area contributed by atoms with Gasteiger partial charge in [0.1, 0.15) is 5.78 Å². The zero-order valence-electron chi connectivity index (χ0n) is 28.4. The van der Waals surface area contributed by atoms with Crippen molar-refractivity contribution in [2.24, 2.45) is 58.2 Å². The molecule has 0 bridgehead atoms. The van der Waals surface area contributed by atoms with Crippen molar-refractivity contribution >= 4 is 5.78 Å². The van der Waals surface area contributed by atoms with Crippen LogP contribution in [0.15, 0.2) is 46.0 Å². The quantitative estimate of drug-likeness (QED) is 0.320. The maximum Gasteiger partial charge on any atom is 0.139 e. The van der Waals surface area contributed by atoms with E-state index in [0.29, 0.717) is 11.7 Å². The third-order valence-electron chi connectivity index (χ3n) is 15.0. The van der Waals surface area contributed by atoms with Crippen molar-refractivity contribution in [1.82, 2.24) is 0 Å². The molecule has 11 atom stereocenters. The van der Waals surface area contributed by atoms with E-state index in [4.69, 9.17) is 9.47 Å². The molecule has 4 heteroatoms. The number of ether oxygens (including phenoxy) is 2. The van der Waals surface area contributed by atoms with Crippen LogP contribution in [0, 0.1) is 58.2 Å². The minimum atomic E-state index is -0.0626. The topological polar surface area (TPSA) is 55.8 Å². The molecule has 0 spiro atoms. The molecular weight excluding hydrogens is 544 g/mol. The van der Waals surface area contributed by atoms with Gasteiger partial charge in [-0.25, -0.2) is 0 Å². The molecule has 0 saturated heterocycles.